The minimum atomic E-state index is 0.631. The van der Waals surface area contributed by atoms with E-state index in [0.717, 1.165) is 23.9 Å². The molecule has 0 bridgehead atoms. The zero-order valence-electron chi connectivity index (χ0n) is 11.6. The van der Waals surface area contributed by atoms with Gasteiger partial charge in [-0.05, 0) is 42.9 Å². The van der Waals surface area contributed by atoms with Gasteiger partial charge in [-0.25, -0.2) is 0 Å². The molecule has 1 saturated heterocycles. The van der Waals surface area contributed by atoms with Crippen molar-refractivity contribution in [3.8, 4) is 6.07 Å². The smallest absolute Gasteiger partial charge is 0.0991 e. The first-order valence-corrected chi connectivity index (χ1v) is 6.83. The van der Waals surface area contributed by atoms with Crippen LogP contribution in [0.5, 0.6) is 0 Å². The molecule has 0 aromatic heterocycles. The predicted octanol–water partition coefficient (Wildman–Crippen LogP) is 3.42. The molecule has 18 heavy (non-hydrogen) atoms. The molecule has 1 fully saturated rings. The van der Waals surface area contributed by atoms with E-state index in [4.69, 9.17) is 5.26 Å². The highest BCUT2D eigenvalue weighted by Crippen LogP contribution is 2.28. The van der Waals surface area contributed by atoms with Gasteiger partial charge in [-0.3, -0.25) is 4.90 Å². The number of benzene rings is 1. The van der Waals surface area contributed by atoms with Crippen molar-refractivity contribution in [1.29, 1.82) is 5.26 Å². The summed E-state index contributed by atoms with van der Waals surface area (Å²) in [5.74, 6) is 1.53. The van der Waals surface area contributed by atoms with Crippen molar-refractivity contribution >= 4 is 0 Å². The zero-order valence-corrected chi connectivity index (χ0v) is 11.6. The lowest BCUT2D eigenvalue weighted by Gasteiger charge is -2.41. The molecule has 3 unspecified atom stereocenters. The van der Waals surface area contributed by atoms with Crippen LogP contribution in [0.1, 0.15) is 38.3 Å². The molecule has 96 valence electrons. The molecule has 1 aromatic carbocycles. The summed E-state index contributed by atoms with van der Waals surface area (Å²) in [7, 11) is 0. The van der Waals surface area contributed by atoms with Gasteiger partial charge in [0, 0.05) is 19.1 Å². The molecule has 0 saturated carbocycles. The van der Waals surface area contributed by atoms with Gasteiger partial charge in [-0.2, -0.15) is 5.26 Å². The summed E-state index contributed by atoms with van der Waals surface area (Å²) >= 11 is 0. The van der Waals surface area contributed by atoms with Crippen LogP contribution in [0.25, 0.3) is 0 Å². The summed E-state index contributed by atoms with van der Waals surface area (Å²) in [4.78, 5) is 2.55. The first-order chi connectivity index (χ1) is 8.60. The van der Waals surface area contributed by atoms with E-state index in [0.29, 0.717) is 6.04 Å². The maximum absolute atomic E-state index is 8.94. The summed E-state index contributed by atoms with van der Waals surface area (Å²) in [5, 5.41) is 8.94. The first-order valence-electron chi connectivity index (χ1n) is 6.83. The third-order valence-electron chi connectivity index (χ3n) is 4.16. The monoisotopic (exact) mass is 242 g/mol. The van der Waals surface area contributed by atoms with Crippen LogP contribution in [0.2, 0.25) is 0 Å². The average molecular weight is 242 g/mol. The van der Waals surface area contributed by atoms with Gasteiger partial charge in [0.1, 0.15) is 0 Å². The number of nitriles is 1. The maximum Gasteiger partial charge on any atom is 0.0991 e. The van der Waals surface area contributed by atoms with Crippen LogP contribution in [0.4, 0.5) is 0 Å². The minimum absolute atomic E-state index is 0.631. The van der Waals surface area contributed by atoms with Gasteiger partial charge in [-0.15, -0.1) is 0 Å². The molecule has 0 amide bonds. The van der Waals surface area contributed by atoms with Gasteiger partial charge < -0.3 is 0 Å². The highest BCUT2D eigenvalue weighted by molar-refractivity contribution is 5.32. The van der Waals surface area contributed by atoms with Crippen molar-refractivity contribution in [1.82, 2.24) is 4.90 Å². The molecule has 1 heterocycles. The van der Waals surface area contributed by atoms with E-state index >= 15 is 0 Å². The Bertz CT molecular complexity index is 447. The van der Waals surface area contributed by atoms with E-state index < -0.39 is 0 Å². The number of hydrogen-bond acceptors (Lipinski definition) is 2. The van der Waals surface area contributed by atoms with E-state index in [-0.39, 0.29) is 0 Å². The summed E-state index contributed by atoms with van der Waals surface area (Å²) < 4.78 is 0. The lowest BCUT2D eigenvalue weighted by atomic mass is 9.86. The molecule has 1 aliphatic rings. The SMILES string of the molecule is CC1CC(C)C(C)N(Cc2cccc(C#N)c2)C1. The second kappa shape index (κ2) is 5.54. The van der Waals surface area contributed by atoms with Gasteiger partial charge in [0.05, 0.1) is 11.6 Å². The van der Waals surface area contributed by atoms with Crippen LogP contribution in [0.3, 0.4) is 0 Å². The Balaban J connectivity index is 2.10. The van der Waals surface area contributed by atoms with Gasteiger partial charge in [-0.1, -0.05) is 26.0 Å². The van der Waals surface area contributed by atoms with Crippen LogP contribution in [-0.2, 0) is 6.54 Å². The Morgan fingerprint density at radius 3 is 2.83 bits per heavy atom. The fraction of sp³-hybridized carbons (Fsp3) is 0.562. The van der Waals surface area contributed by atoms with Crippen LogP contribution < -0.4 is 0 Å². The van der Waals surface area contributed by atoms with E-state index in [2.05, 4.69) is 37.8 Å². The van der Waals surface area contributed by atoms with Gasteiger partial charge in [0.25, 0.3) is 0 Å². The molecule has 2 nitrogen and oxygen atoms in total. The predicted molar refractivity (Wildman–Crippen MR) is 74.0 cm³/mol. The fourth-order valence-corrected chi connectivity index (χ4v) is 3.01. The van der Waals surface area contributed by atoms with Gasteiger partial charge >= 0.3 is 0 Å². The van der Waals surface area contributed by atoms with Crippen molar-refractivity contribution in [3.63, 3.8) is 0 Å². The third-order valence-corrected chi connectivity index (χ3v) is 4.16. The quantitative estimate of drug-likeness (QED) is 0.794. The van der Waals surface area contributed by atoms with E-state index in [1.165, 1.54) is 18.5 Å². The van der Waals surface area contributed by atoms with E-state index in [9.17, 15) is 0 Å². The van der Waals surface area contributed by atoms with Crippen molar-refractivity contribution in [2.75, 3.05) is 6.54 Å². The highest BCUT2D eigenvalue weighted by atomic mass is 15.2. The molecule has 2 rings (SSSR count). The normalized spacial score (nSPS) is 28.9. The number of rotatable bonds is 2. The summed E-state index contributed by atoms with van der Waals surface area (Å²) in [6, 6.07) is 10.8. The number of nitrogens with zero attached hydrogens (tertiary/aromatic N) is 2. The molecular weight excluding hydrogens is 220 g/mol. The molecular formula is C16H22N2. The Labute approximate surface area is 110 Å². The molecule has 0 aliphatic carbocycles. The van der Waals surface area contributed by atoms with Crippen LogP contribution in [0, 0.1) is 23.2 Å². The Morgan fingerprint density at radius 1 is 1.33 bits per heavy atom. The van der Waals surface area contributed by atoms with Gasteiger partial charge in [0.2, 0.25) is 0 Å². The van der Waals surface area contributed by atoms with Crippen molar-refractivity contribution in [2.45, 2.75) is 39.8 Å². The van der Waals surface area contributed by atoms with Crippen molar-refractivity contribution in [2.24, 2.45) is 11.8 Å². The number of hydrogen-bond donors (Lipinski definition) is 0. The summed E-state index contributed by atoms with van der Waals surface area (Å²) in [5.41, 5.74) is 2.01. The molecule has 0 N–H and O–H groups in total. The maximum atomic E-state index is 8.94. The Hall–Kier alpha value is -1.33. The Kier molecular flexibility index (Phi) is 4.04. The lowest BCUT2D eigenvalue weighted by Crippen LogP contribution is -2.45. The van der Waals surface area contributed by atoms with Crippen LogP contribution in [0.15, 0.2) is 24.3 Å². The molecule has 2 heteroatoms. The second-order valence-corrected chi connectivity index (χ2v) is 5.80. The average Bonchev–Trinajstić information content (AvgIpc) is 2.35. The number of piperidine rings is 1. The largest absolute Gasteiger partial charge is 0.296 e. The standard InChI is InChI=1S/C16H22N2/c1-12-7-13(2)14(3)18(10-12)11-16-6-4-5-15(8-16)9-17/h4-6,8,12-14H,7,10-11H2,1-3H3. The lowest BCUT2D eigenvalue weighted by molar-refractivity contribution is 0.0729. The van der Waals surface area contributed by atoms with Crippen molar-refractivity contribution < 1.29 is 0 Å². The first kappa shape index (κ1) is 13.1. The van der Waals surface area contributed by atoms with Crippen LogP contribution >= 0.6 is 0 Å². The van der Waals surface area contributed by atoms with E-state index in [1.54, 1.807) is 0 Å². The summed E-state index contributed by atoms with van der Waals surface area (Å²) in [6.45, 7) is 9.14. The van der Waals surface area contributed by atoms with Crippen LogP contribution in [-0.4, -0.2) is 17.5 Å². The topological polar surface area (TPSA) is 27.0 Å². The molecule has 1 aromatic rings. The summed E-state index contributed by atoms with van der Waals surface area (Å²) in [6.07, 6.45) is 1.33. The fourth-order valence-electron chi connectivity index (χ4n) is 3.01. The Morgan fingerprint density at radius 2 is 2.11 bits per heavy atom. The molecule has 0 radical (unpaired) electrons. The zero-order chi connectivity index (χ0) is 13.1. The minimum Gasteiger partial charge on any atom is -0.296 e. The highest BCUT2D eigenvalue weighted by Gasteiger charge is 2.28. The molecule has 0 spiro atoms. The van der Waals surface area contributed by atoms with Gasteiger partial charge in [0.15, 0.2) is 0 Å². The van der Waals surface area contributed by atoms with E-state index in [1.807, 2.05) is 18.2 Å². The molecule has 1 aliphatic heterocycles. The van der Waals surface area contributed by atoms with Crippen molar-refractivity contribution in [3.05, 3.63) is 35.4 Å². The molecule has 3 atom stereocenters. The third kappa shape index (κ3) is 2.91. The number of likely N-dealkylation sites (tertiary alicyclic amines) is 1. The second-order valence-electron chi connectivity index (χ2n) is 5.80.